The Bertz CT molecular complexity index is 1040. The Kier molecular flexibility index (Phi) is 4.07. The summed E-state index contributed by atoms with van der Waals surface area (Å²) < 4.78 is 5.79. The number of carbonyl (C=O) groups excluding carboxylic acids is 2. The third-order valence-electron chi connectivity index (χ3n) is 4.95. The molecule has 3 aromatic carbocycles. The number of rotatable bonds is 3. The Morgan fingerprint density at radius 3 is 2.59 bits per heavy atom. The first kappa shape index (κ1) is 17.1. The molecule has 0 bridgehead atoms. The van der Waals surface area contributed by atoms with Crippen molar-refractivity contribution in [2.24, 2.45) is 0 Å². The molecular formula is C22H20N2O3. The summed E-state index contributed by atoms with van der Waals surface area (Å²) in [6.07, 6.45) is 0. The zero-order valence-corrected chi connectivity index (χ0v) is 15.2. The van der Waals surface area contributed by atoms with Crippen molar-refractivity contribution in [2.45, 2.75) is 25.5 Å². The minimum atomic E-state index is -1.63. The van der Waals surface area contributed by atoms with Crippen LogP contribution in [0.25, 0.3) is 10.8 Å². The number of carbonyl (C=O) groups is 2. The standard InChI is InChI=1S/C22H20N2O3/c1-14(16-11-7-9-15-8-3-4-10-17(15)16)23-20(25)22(2)21(26)24-18-12-5-6-13-19(18)27-22/h3-14H,1-2H3,(H,23,25)(H,24,26). The maximum atomic E-state index is 13.0. The molecule has 0 aromatic heterocycles. The van der Waals surface area contributed by atoms with Gasteiger partial charge in [0, 0.05) is 0 Å². The van der Waals surface area contributed by atoms with E-state index in [-0.39, 0.29) is 6.04 Å². The molecule has 0 spiro atoms. The van der Waals surface area contributed by atoms with Gasteiger partial charge < -0.3 is 15.4 Å². The molecule has 0 saturated heterocycles. The molecule has 136 valence electrons. The van der Waals surface area contributed by atoms with Crippen LogP contribution in [-0.4, -0.2) is 17.4 Å². The van der Waals surface area contributed by atoms with E-state index < -0.39 is 17.4 Å². The summed E-state index contributed by atoms with van der Waals surface area (Å²) in [5.41, 5.74) is -0.0794. The van der Waals surface area contributed by atoms with Gasteiger partial charge in [-0.25, -0.2) is 0 Å². The lowest BCUT2D eigenvalue weighted by molar-refractivity contribution is -0.147. The van der Waals surface area contributed by atoms with Crippen molar-refractivity contribution in [2.75, 3.05) is 5.32 Å². The molecule has 0 radical (unpaired) electrons. The lowest BCUT2D eigenvalue weighted by Crippen LogP contribution is -2.59. The summed E-state index contributed by atoms with van der Waals surface area (Å²) in [5, 5.41) is 7.85. The fourth-order valence-corrected chi connectivity index (χ4v) is 3.36. The van der Waals surface area contributed by atoms with Crippen LogP contribution in [-0.2, 0) is 9.59 Å². The second kappa shape index (κ2) is 6.43. The van der Waals surface area contributed by atoms with E-state index in [1.807, 2.05) is 49.4 Å². The molecule has 2 N–H and O–H groups in total. The molecule has 2 unspecified atom stereocenters. The molecule has 5 nitrogen and oxygen atoms in total. The van der Waals surface area contributed by atoms with Crippen molar-refractivity contribution in [3.63, 3.8) is 0 Å². The second-order valence-electron chi connectivity index (χ2n) is 6.85. The first-order valence-corrected chi connectivity index (χ1v) is 8.87. The van der Waals surface area contributed by atoms with E-state index in [1.54, 1.807) is 24.3 Å². The molecule has 4 rings (SSSR count). The quantitative estimate of drug-likeness (QED) is 0.698. The van der Waals surface area contributed by atoms with Crippen LogP contribution in [0.1, 0.15) is 25.5 Å². The second-order valence-corrected chi connectivity index (χ2v) is 6.85. The topological polar surface area (TPSA) is 67.4 Å². The first-order valence-electron chi connectivity index (χ1n) is 8.87. The maximum absolute atomic E-state index is 13.0. The number of fused-ring (bicyclic) bond motifs is 2. The van der Waals surface area contributed by atoms with Gasteiger partial charge in [-0.2, -0.15) is 0 Å². The molecule has 0 aliphatic carbocycles. The van der Waals surface area contributed by atoms with Crippen LogP contribution in [0.4, 0.5) is 5.69 Å². The third kappa shape index (κ3) is 2.91. The summed E-state index contributed by atoms with van der Waals surface area (Å²) in [5.74, 6) is -0.480. The van der Waals surface area contributed by atoms with E-state index in [9.17, 15) is 9.59 Å². The van der Waals surface area contributed by atoms with Crippen molar-refractivity contribution >= 4 is 28.3 Å². The van der Waals surface area contributed by atoms with E-state index in [0.717, 1.165) is 16.3 Å². The Labute approximate surface area is 157 Å². The molecule has 5 heteroatoms. The number of benzene rings is 3. The minimum Gasteiger partial charge on any atom is -0.466 e. The van der Waals surface area contributed by atoms with E-state index in [0.29, 0.717) is 11.4 Å². The Hall–Kier alpha value is -3.34. The molecule has 3 aromatic rings. The number of nitrogens with one attached hydrogen (secondary N) is 2. The molecule has 1 heterocycles. The number of anilines is 1. The molecule has 0 saturated carbocycles. The van der Waals surface area contributed by atoms with Crippen LogP contribution in [0, 0.1) is 0 Å². The average molecular weight is 360 g/mol. The maximum Gasteiger partial charge on any atom is 0.278 e. The summed E-state index contributed by atoms with van der Waals surface area (Å²) in [6.45, 7) is 3.39. The summed E-state index contributed by atoms with van der Waals surface area (Å²) in [4.78, 5) is 25.5. The fraction of sp³-hybridized carbons (Fsp3) is 0.182. The van der Waals surface area contributed by atoms with Crippen LogP contribution < -0.4 is 15.4 Å². The van der Waals surface area contributed by atoms with Gasteiger partial charge in [-0.3, -0.25) is 9.59 Å². The Morgan fingerprint density at radius 2 is 1.74 bits per heavy atom. The van der Waals surface area contributed by atoms with Crippen molar-refractivity contribution in [1.82, 2.24) is 5.32 Å². The van der Waals surface area contributed by atoms with Gasteiger partial charge in [0.15, 0.2) is 0 Å². The van der Waals surface area contributed by atoms with E-state index in [2.05, 4.69) is 10.6 Å². The molecular weight excluding hydrogens is 340 g/mol. The van der Waals surface area contributed by atoms with Gasteiger partial charge in [-0.05, 0) is 42.3 Å². The van der Waals surface area contributed by atoms with E-state index >= 15 is 0 Å². The van der Waals surface area contributed by atoms with Crippen LogP contribution >= 0.6 is 0 Å². The van der Waals surface area contributed by atoms with Gasteiger partial charge in [0.25, 0.3) is 17.4 Å². The number of para-hydroxylation sites is 2. The molecule has 1 aliphatic rings. The summed E-state index contributed by atoms with van der Waals surface area (Å²) in [7, 11) is 0. The van der Waals surface area contributed by atoms with Crippen molar-refractivity contribution in [3.8, 4) is 5.75 Å². The van der Waals surface area contributed by atoms with E-state index in [1.165, 1.54) is 6.92 Å². The van der Waals surface area contributed by atoms with Crippen molar-refractivity contribution < 1.29 is 14.3 Å². The van der Waals surface area contributed by atoms with Crippen molar-refractivity contribution in [1.29, 1.82) is 0 Å². The Balaban J connectivity index is 1.61. The Morgan fingerprint density at radius 1 is 1.04 bits per heavy atom. The average Bonchev–Trinajstić information content (AvgIpc) is 2.68. The molecule has 2 atom stereocenters. The minimum absolute atomic E-state index is 0.283. The predicted molar refractivity (Wildman–Crippen MR) is 105 cm³/mol. The zero-order chi connectivity index (χ0) is 19.0. The monoisotopic (exact) mass is 360 g/mol. The van der Waals surface area contributed by atoms with Crippen LogP contribution in [0.15, 0.2) is 66.7 Å². The van der Waals surface area contributed by atoms with Gasteiger partial charge in [0.1, 0.15) is 5.75 Å². The van der Waals surface area contributed by atoms with Gasteiger partial charge in [0.2, 0.25) is 0 Å². The lowest BCUT2D eigenvalue weighted by Gasteiger charge is -2.34. The third-order valence-corrected chi connectivity index (χ3v) is 4.95. The summed E-state index contributed by atoms with van der Waals surface area (Å²) in [6, 6.07) is 20.8. The van der Waals surface area contributed by atoms with Crippen LogP contribution in [0.5, 0.6) is 5.75 Å². The highest BCUT2D eigenvalue weighted by Crippen LogP contribution is 2.34. The first-order chi connectivity index (χ1) is 13.0. The normalized spacial score (nSPS) is 19.6. The molecule has 27 heavy (non-hydrogen) atoms. The van der Waals surface area contributed by atoms with Gasteiger partial charge in [0.05, 0.1) is 11.7 Å². The summed E-state index contributed by atoms with van der Waals surface area (Å²) >= 11 is 0. The number of hydrogen-bond acceptors (Lipinski definition) is 3. The number of hydrogen-bond donors (Lipinski definition) is 2. The molecule has 0 fully saturated rings. The number of ether oxygens (including phenoxy) is 1. The van der Waals surface area contributed by atoms with Gasteiger partial charge in [-0.15, -0.1) is 0 Å². The zero-order valence-electron chi connectivity index (χ0n) is 15.2. The largest absolute Gasteiger partial charge is 0.466 e. The van der Waals surface area contributed by atoms with Crippen LogP contribution in [0.2, 0.25) is 0 Å². The van der Waals surface area contributed by atoms with E-state index in [4.69, 9.17) is 4.74 Å². The SMILES string of the molecule is CC(NC(=O)C1(C)Oc2ccccc2NC1=O)c1cccc2ccccc12. The fourth-order valence-electron chi connectivity index (χ4n) is 3.36. The lowest BCUT2D eigenvalue weighted by atomic mass is 9.97. The smallest absolute Gasteiger partial charge is 0.278 e. The number of amides is 2. The molecule has 1 aliphatic heterocycles. The van der Waals surface area contributed by atoms with Gasteiger partial charge >= 0.3 is 0 Å². The van der Waals surface area contributed by atoms with Crippen molar-refractivity contribution in [3.05, 3.63) is 72.3 Å². The van der Waals surface area contributed by atoms with Crippen LogP contribution in [0.3, 0.4) is 0 Å². The highest BCUT2D eigenvalue weighted by molar-refractivity contribution is 6.15. The van der Waals surface area contributed by atoms with Gasteiger partial charge in [-0.1, -0.05) is 54.6 Å². The highest BCUT2D eigenvalue weighted by atomic mass is 16.5. The molecule has 2 amide bonds. The predicted octanol–water partition coefficient (Wildman–Crippen LogP) is 3.81. The highest BCUT2D eigenvalue weighted by Gasteiger charge is 2.47.